The molecule has 0 spiro atoms. The van der Waals surface area contributed by atoms with Crippen LogP contribution in [0.5, 0.6) is 5.75 Å². The fraction of sp³-hybridized carbons (Fsp3) is 0.364. The lowest BCUT2D eigenvalue weighted by Crippen LogP contribution is -2.38. The lowest BCUT2D eigenvalue weighted by atomic mass is 10.1. The van der Waals surface area contributed by atoms with E-state index in [9.17, 15) is 13.2 Å². The molecule has 0 unspecified atom stereocenters. The molecule has 1 saturated heterocycles. The van der Waals surface area contributed by atoms with Gasteiger partial charge in [-0.1, -0.05) is 12.2 Å². The van der Waals surface area contributed by atoms with Crippen LogP contribution < -0.4 is 10.5 Å². The van der Waals surface area contributed by atoms with Crippen molar-refractivity contribution in [2.75, 3.05) is 13.2 Å². The quantitative estimate of drug-likeness (QED) is 0.860. The van der Waals surface area contributed by atoms with Crippen molar-refractivity contribution < 1.29 is 22.6 Å². The molecule has 1 heterocycles. The fourth-order valence-electron chi connectivity index (χ4n) is 1.52. The summed E-state index contributed by atoms with van der Waals surface area (Å²) in [6.45, 7) is 0.775. The van der Waals surface area contributed by atoms with Crippen molar-refractivity contribution in [3.05, 3.63) is 29.3 Å². The zero-order valence-corrected chi connectivity index (χ0v) is 9.98. The molecule has 1 aromatic carbocycles. The highest BCUT2D eigenvalue weighted by molar-refractivity contribution is 7.80. The van der Waals surface area contributed by atoms with Crippen LogP contribution in [-0.4, -0.2) is 24.3 Å². The van der Waals surface area contributed by atoms with Gasteiger partial charge < -0.3 is 15.2 Å². The average molecular weight is 277 g/mol. The Balaban J connectivity index is 2.32. The van der Waals surface area contributed by atoms with Gasteiger partial charge in [0, 0.05) is 5.56 Å². The number of benzene rings is 1. The molecule has 1 fully saturated rings. The van der Waals surface area contributed by atoms with E-state index < -0.39 is 11.7 Å². The van der Waals surface area contributed by atoms with E-state index in [1.54, 1.807) is 0 Å². The first kappa shape index (κ1) is 13.1. The minimum Gasteiger partial charge on any atom is -0.486 e. The van der Waals surface area contributed by atoms with E-state index in [1.165, 1.54) is 12.1 Å². The number of hydrogen-bond acceptors (Lipinski definition) is 3. The zero-order chi connectivity index (χ0) is 13.3. The van der Waals surface area contributed by atoms with E-state index in [-0.39, 0.29) is 22.4 Å². The molecule has 18 heavy (non-hydrogen) atoms. The van der Waals surface area contributed by atoms with E-state index in [4.69, 9.17) is 15.2 Å². The van der Waals surface area contributed by atoms with Gasteiger partial charge in [-0.05, 0) is 18.2 Å². The Kier molecular flexibility index (Phi) is 3.45. The van der Waals surface area contributed by atoms with Crippen LogP contribution in [0.4, 0.5) is 13.2 Å². The third-order valence-corrected chi connectivity index (χ3v) is 2.69. The highest BCUT2D eigenvalue weighted by atomic mass is 32.1. The predicted molar refractivity (Wildman–Crippen MR) is 62.6 cm³/mol. The van der Waals surface area contributed by atoms with Gasteiger partial charge in [-0.15, -0.1) is 0 Å². The summed E-state index contributed by atoms with van der Waals surface area (Å²) in [7, 11) is 0. The largest absolute Gasteiger partial charge is 0.486 e. The van der Waals surface area contributed by atoms with Crippen LogP contribution >= 0.6 is 12.2 Å². The maximum absolute atomic E-state index is 12.8. The molecular weight excluding hydrogens is 267 g/mol. The SMILES string of the molecule is NC(=S)c1ccc(OC2COC2)cc1C(F)(F)F. The summed E-state index contributed by atoms with van der Waals surface area (Å²) < 4.78 is 48.7. The van der Waals surface area contributed by atoms with Crippen molar-refractivity contribution in [3.63, 3.8) is 0 Å². The number of halogens is 3. The molecule has 0 aliphatic carbocycles. The van der Waals surface area contributed by atoms with Crippen molar-refractivity contribution in [2.24, 2.45) is 5.73 Å². The number of ether oxygens (including phenoxy) is 2. The van der Waals surface area contributed by atoms with E-state index >= 15 is 0 Å². The zero-order valence-electron chi connectivity index (χ0n) is 9.16. The van der Waals surface area contributed by atoms with Gasteiger partial charge in [0.15, 0.2) is 0 Å². The molecule has 98 valence electrons. The molecule has 3 nitrogen and oxygen atoms in total. The molecule has 0 bridgehead atoms. The van der Waals surface area contributed by atoms with Gasteiger partial charge in [0.1, 0.15) is 16.8 Å². The molecule has 2 rings (SSSR count). The summed E-state index contributed by atoms with van der Waals surface area (Å²) in [6.07, 6.45) is -4.71. The number of hydrogen-bond donors (Lipinski definition) is 1. The predicted octanol–water partition coefficient (Wildman–Crippen LogP) is 2.12. The molecule has 0 saturated carbocycles. The van der Waals surface area contributed by atoms with Gasteiger partial charge >= 0.3 is 6.18 Å². The van der Waals surface area contributed by atoms with Gasteiger partial charge in [0.05, 0.1) is 18.8 Å². The van der Waals surface area contributed by atoms with E-state index in [0.717, 1.165) is 6.07 Å². The summed E-state index contributed by atoms with van der Waals surface area (Å²) in [5, 5.41) is 0. The molecule has 1 aliphatic rings. The summed E-state index contributed by atoms with van der Waals surface area (Å²) in [6, 6.07) is 3.55. The second kappa shape index (κ2) is 4.74. The maximum atomic E-state index is 12.8. The highest BCUT2D eigenvalue weighted by Crippen LogP contribution is 2.34. The van der Waals surface area contributed by atoms with E-state index in [0.29, 0.717) is 13.2 Å². The Bertz CT molecular complexity index is 472. The molecule has 0 radical (unpaired) electrons. The lowest BCUT2D eigenvalue weighted by molar-refractivity contribution is -0.138. The molecule has 0 atom stereocenters. The van der Waals surface area contributed by atoms with Crippen LogP contribution in [0.15, 0.2) is 18.2 Å². The Morgan fingerprint density at radius 2 is 2.06 bits per heavy atom. The Morgan fingerprint density at radius 3 is 2.50 bits per heavy atom. The first-order valence-corrected chi connectivity index (χ1v) is 5.54. The summed E-state index contributed by atoms with van der Waals surface area (Å²) in [5.41, 5.74) is 4.19. The van der Waals surface area contributed by atoms with E-state index in [1.807, 2.05) is 0 Å². The summed E-state index contributed by atoms with van der Waals surface area (Å²) >= 11 is 4.60. The third kappa shape index (κ3) is 2.73. The van der Waals surface area contributed by atoms with Gasteiger partial charge in [-0.2, -0.15) is 13.2 Å². The molecule has 0 aromatic heterocycles. The summed E-state index contributed by atoms with van der Waals surface area (Å²) in [4.78, 5) is -0.291. The Labute approximate surface area is 107 Å². The van der Waals surface area contributed by atoms with Crippen LogP contribution in [0.1, 0.15) is 11.1 Å². The maximum Gasteiger partial charge on any atom is 0.417 e. The Morgan fingerprint density at radius 1 is 1.39 bits per heavy atom. The number of thiocarbonyl (C=S) groups is 1. The fourth-order valence-corrected chi connectivity index (χ4v) is 1.70. The van der Waals surface area contributed by atoms with Gasteiger partial charge in [0.25, 0.3) is 0 Å². The van der Waals surface area contributed by atoms with Crippen LogP contribution in [0.25, 0.3) is 0 Å². The molecule has 2 N–H and O–H groups in total. The molecule has 0 amide bonds. The first-order chi connectivity index (χ1) is 8.38. The van der Waals surface area contributed by atoms with Gasteiger partial charge in [-0.25, -0.2) is 0 Å². The van der Waals surface area contributed by atoms with Crippen molar-refractivity contribution in [2.45, 2.75) is 12.3 Å². The van der Waals surface area contributed by atoms with Gasteiger partial charge in [-0.3, -0.25) is 0 Å². The third-order valence-electron chi connectivity index (χ3n) is 2.47. The van der Waals surface area contributed by atoms with Crippen LogP contribution in [0.3, 0.4) is 0 Å². The van der Waals surface area contributed by atoms with Crippen molar-refractivity contribution in [1.82, 2.24) is 0 Å². The molecular formula is C11H10F3NO2S. The standard InChI is InChI=1S/C11H10F3NO2S/c12-11(13,14)9-3-6(17-7-4-16-5-7)1-2-8(9)10(15)18/h1-3,7H,4-5H2,(H2,15,18). The second-order valence-electron chi connectivity index (χ2n) is 3.85. The topological polar surface area (TPSA) is 44.5 Å². The molecule has 7 heteroatoms. The number of alkyl halides is 3. The smallest absolute Gasteiger partial charge is 0.417 e. The van der Waals surface area contributed by atoms with Gasteiger partial charge in [0.2, 0.25) is 0 Å². The van der Waals surface area contributed by atoms with Crippen molar-refractivity contribution in [3.8, 4) is 5.75 Å². The highest BCUT2D eigenvalue weighted by Gasteiger charge is 2.35. The second-order valence-corrected chi connectivity index (χ2v) is 4.29. The Hall–Kier alpha value is -1.34. The van der Waals surface area contributed by atoms with Crippen LogP contribution in [-0.2, 0) is 10.9 Å². The van der Waals surface area contributed by atoms with Crippen molar-refractivity contribution in [1.29, 1.82) is 0 Å². The first-order valence-electron chi connectivity index (χ1n) is 5.13. The average Bonchev–Trinajstić information content (AvgIpc) is 2.22. The lowest BCUT2D eigenvalue weighted by Gasteiger charge is -2.27. The normalized spacial score (nSPS) is 16.2. The summed E-state index contributed by atoms with van der Waals surface area (Å²) in [5.74, 6) is 0.135. The van der Waals surface area contributed by atoms with Crippen molar-refractivity contribution >= 4 is 17.2 Å². The minimum atomic E-state index is -4.52. The molecule has 1 aromatic rings. The number of nitrogens with two attached hydrogens (primary N) is 1. The molecule has 1 aliphatic heterocycles. The monoisotopic (exact) mass is 277 g/mol. The van der Waals surface area contributed by atoms with E-state index in [2.05, 4.69) is 12.2 Å². The number of rotatable bonds is 3. The van der Waals surface area contributed by atoms with Crippen LogP contribution in [0.2, 0.25) is 0 Å². The minimum absolute atomic E-state index is 0.135. The van der Waals surface area contributed by atoms with Crippen LogP contribution in [0, 0.1) is 0 Å².